The topological polar surface area (TPSA) is 49.9 Å². The molecule has 1 aromatic carbocycles. The molecule has 6 heteroatoms. The highest BCUT2D eigenvalue weighted by Gasteiger charge is 2.21. The van der Waals surface area contributed by atoms with E-state index in [-0.39, 0.29) is 11.9 Å². The number of amides is 1. The molecule has 1 amide bonds. The highest BCUT2D eigenvalue weighted by Crippen LogP contribution is 2.13. The Labute approximate surface area is 142 Å². The second-order valence-corrected chi connectivity index (χ2v) is 5.99. The van der Waals surface area contributed by atoms with Gasteiger partial charge in [-0.2, -0.15) is 0 Å². The van der Waals surface area contributed by atoms with Gasteiger partial charge in [0, 0.05) is 43.2 Å². The molecular weight excluding hydrogens is 316 g/mol. The first-order chi connectivity index (χ1) is 11.1. The van der Waals surface area contributed by atoms with Crippen LogP contribution in [-0.4, -0.2) is 61.0 Å². The van der Waals surface area contributed by atoms with Gasteiger partial charge in [-0.05, 0) is 44.2 Å². The maximum absolute atomic E-state index is 12.4. The number of nitrogens with zero attached hydrogens (tertiary/aromatic N) is 2. The van der Waals surface area contributed by atoms with Gasteiger partial charge < -0.3 is 9.64 Å². The van der Waals surface area contributed by atoms with Crippen LogP contribution < -0.4 is 0 Å². The van der Waals surface area contributed by atoms with E-state index < -0.39 is 0 Å². The fraction of sp³-hybridized carbons (Fsp3) is 0.529. The van der Waals surface area contributed by atoms with Crippen LogP contribution in [0.2, 0.25) is 5.02 Å². The van der Waals surface area contributed by atoms with Crippen LogP contribution in [0.5, 0.6) is 0 Å². The first kappa shape index (κ1) is 17.8. The van der Waals surface area contributed by atoms with E-state index in [0.29, 0.717) is 36.7 Å². The van der Waals surface area contributed by atoms with Gasteiger partial charge in [-0.15, -0.1) is 0 Å². The summed E-state index contributed by atoms with van der Waals surface area (Å²) in [6, 6.07) is 6.99. The Morgan fingerprint density at radius 2 is 1.78 bits per heavy atom. The number of benzene rings is 1. The van der Waals surface area contributed by atoms with Crippen LogP contribution in [0, 0.1) is 0 Å². The number of halogens is 1. The summed E-state index contributed by atoms with van der Waals surface area (Å²) >= 11 is 5.85. The van der Waals surface area contributed by atoms with Crippen LogP contribution in [0.4, 0.5) is 0 Å². The minimum Gasteiger partial charge on any atom is -0.466 e. The van der Waals surface area contributed by atoms with Gasteiger partial charge in [-0.3, -0.25) is 14.5 Å². The first-order valence-electron chi connectivity index (χ1n) is 8.03. The SMILES string of the molecule is CCOC(=O)CCCN1CCN(C(=O)c2ccc(Cl)cc2)CC1. The van der Waals surface area contributed by atoms with Crippen molar-refractivity contribution in [1.29, 1.82) is 0 Å². The van der Waals surface area contributed by atoms with Gasteiger partial charge in [-0.1, -0.05) is 11.6 Å². The van der Waals surface area contributed by atoms with Gasteiger partial charge in [0.25, 0.3) is 5.91 Å². The molecule has 0 saturated carbocycles. The zero-order chi connectivity index (χ0) is 16.7. The van der Waals surface area contributed by atoms with E-state index in [4.69, 9.17) is 16.3 Å². The summed E-state index contributed by atoms with van der Waals surface area (Å²) in [5, 5.41) is 0.632. The lowest BCUT2D eigenvalue weighted by molar-refractivity contribution is -0.143. The largest absolute Gasteiger partial charge is 0.466 e. The maximum atomic E-state index is 12.4. The quantitative estimate of drug-likeness (QED) is 0.748. The predicted molar refractivity (Wildman–Crippen MR) is 89.7 cm³/mol. The normalized spacial score (nSPS) is 15.5. The predicted octanol–water partition coefficient (Wildman–Crippen LogP) is 2.44. The van der Waals surface area contributed by atoms with E-state index in [2.05, 4.69) is 4.90 Å². The zero-order valence-corrected chi connectivity index (χ0v) is 14.2. The van der Waals surface area contributed by atoms with Crippen molar-refractivity contribution in [3.63, 3.8) is 0 Å². The first-order valence-corrected chi connectivity index (χ1v) is 8.40. The summed E-state index contributed by atoms with van der Waals surface area (Å²) in [6.07, 6.45) is 1.25. The van der Waals surface area contributed by atoms with E-state index >= 15 is 0 Å². The molecule has 23 heavy (non-hydrogen) atoms. The van der Waals surface area contributed by atoms with Crippen molar-refractivity contribution in [2.75, 3.05) is 39.3 Å². The molecule has 0 bridgehead atoms. The smallest absolute Gasteiger partial charge is 0.305 e. The van der Waals surface area contributed by atoms with Gasteiger partial charge in [0.1, 0.15) is 0 Å². The van der Waals surface area contributed by atoms with Crippen molar-refractivity contribution >= 4 is 23.5 Å². The standard InChI is InChI=1S/C17H23ClN2O3/c1-2-23-16(21)4-3-9-19-10-12-20(13-11-19)17(22)14-5-7-15(18)8-6-14/h5-8H,2-4,9-13H2,1H3. The average Bonchev–Trinajstić information content (AvgIpc) is 2.56. The lowest BCUT2D eigenvalue weighted by Gasteiger charge is -2.34. The molecule has 0 N–H and O–H groups in total. The summed E-state index contributed by atoms with van der Waals surface area (Å²) < 4.78 is 4.92. The molecule has 2 rings (SSSR count). The number of carbonyl (C=O) groups is 2. The van der Waals surface area contributed by atoms with Crippen molar-refractivity contribution in [2.24, 2.45) is 0 Å². The Balaban J connectivity index is 1.72. The molecular formula is C17H23ClN2O3. The minimum atomic E-state index is -0.135. The fourth-order valence-electron chi connectivity index (χ4n) is 2.63. The van der Waals surface area contributed by atoms with Crippen molar-refractivity contribution in [3.8, 4) is 0 Å². The summed E-state index contributed by atoms with van der Waals surface area (Å²) in [5.74, 6) is -0.0862. The highest BCUT2D eigenvalue weighted by atomic mass is 35.5. The summed E-state index contributed by atoms with van der Waals surface area (Å²) in [6.45, 7) is 6.20. The summed E-state index contributed by atoms with van der Waals surface area (Å²) in [5.41, 5.74) is 0.671. The lowest BCUT2D eigenvalue weighted by Crippen LogP contribution is -2.48. The third kappa shape index (κ3) is 5.52. The van der Waals surface area contributed by atoms with Crippen LogP contribution >= 0.6 is 11.6 Å². The van der Waals surface area contributed by atoms with Gasteiger partial charge in [0.05, 0.1) is 6.61 Å². The molecule has 5 nitrogen and oxygen atoms in total. The van der Waals surface area contributed by atoms with E-state index in [9.17, 15) is 9.59 Å². The number of ether oxygens (including phenoxy) is 1. The van der Waals surface area contributed by atoms with Crippen molar-refractivity contribution in [1.82, 2.24) is 9.80 Å². The lowest BCUT2D eigenvalue weighted by atomic mass is 10.2. The molecule has 0 unspecified atom stereocenters. The molecule has 1 fully saturated rings. The number of piperazine rings is 1. The number of carbonyl (C=O) groups excluding carboxylic acids is 2. The van der Waals surface area contributed by atoms with E-state index in [1.807, 2.05) is 11.8 Å². The van der Waals surface area contributed by atoms with Crippen LogP contribution in [0.15, 0.2) is 24.3 Å². The van der Waals surface area contributed by atoms with E-state index in [1.165, 1.54) is 0 Å². The van der Waals surface area contributed by atoms with Gasteiger partial charge >= 0.3 is 5.97 Å². The van der Waals surface area contributed by atoms with Crippen molar-refractivity contribution in [2.45, 2.75) is 19.8 Å². The van der Waals surface area contributed by atoms with Crippen LogP contribution in [-0.2, 0) is 9.53 Å². The van der Waals surface area contributed by atoms with Gasteiger partial charge in [0.2, 0.25) is 0 Å². The van der Waals surface area contributed by atoms with Crippen LogP contribution in [0.3, 0.4) is 0 Å². The van der Waals surface area contributed by atoms with Gasteiger partial charge in [-0.25, -0.2) is 0 Å². The highest BCUT2D eigenvalue weighted by molar-refractivity contribution is 6.30. The second-order valence-electron chi connectivity index (χ2n) is 5.55. The zero-order valence-electron chi connectivity index (χ0n) is 13.5. The number of rotatable bonds is 6. The summed E-state index contributed by atoms with van der Waals surface area (Å²) in [4.78, 5) is 27.8. The monoisotopic (exact) mass is 338 g/mol. The average molecular weight is 339 g/mol. The van der Waals surface area contributed by atoms with E-state index in [0.717, 1.165) is 26.1 Å². The maximum Gasteiger partial charge on any atom is 0.305 e. The van der Waals surface area contributed by atoms with Crippen molar-refractivity contribution in [3.05, 3.63) is 34.9 Å². The molecule has 1 aliphatic heterocycles. The Morgan fingerprint density at radius 1 is 1.13 bits per heavy atom. The molecule has 0 atom stereocenters. The third-order valence-electron chi connectivity index (χ3n) is 3.91. The molecule has 1 aromatic rings. The molecule has 0 radical (unpaired) electrons. The Bertz CT molecular complexity index is 525. The number of esters is 1. The minimum absolute atomic E-state index is 0.0489. The molecule has 1 heterocycles. The fourth-order valence-corrected chi connectivity index (χ4v) is 2.76. The number of hydrogen-bond acceptors (Lipinski definition) is 4. The molecule has 1 saturated heterocycles. The number of hydrogen-bond donors (Lipinski definition) is 0. The molecule has 0 spiro atoms. The van der Waals surface area contributed by atoms with Gasteiger partial charge in [0.15, 0.2) is 0 Å². The second kappa shape index (κ2) is 8.89. The molecule has 126 valence electrons. The summed E-state index contributed by atoms with van der Waals surface area (Å²) in [7, 11) is 0. The molecule has 0 aliphatic carbocycles. The van der Waals surface area contributed by atoms with Crippen LogP contribution in [0.25, 0.3) is 0 Å². The van der Waals surface area contributed by atoms with Crippen LogP contribution in [0.1, 0.15) is 30.1 Å². The molecule has 1 aliphatic rings. The van der Waals surface area contributed by atoms with E-state index in [1.54, 1.807) is 24.3 Å². The molecule has 0 aromatic heterocycles. The van der Waals surface area contributed by atoms with Crippen molar-refractivity contribution < 1.29 is 14.3 Å². The third-order valence-corrected chi connectivity index (χ3v) is 4.16. The Morgan fingerprint density at radius 3 is 2.39 bits per heavy atom. The Kier molecular flexibility index (Phi) is 6.86. The Hall–Kier alpha value is -1.59.